The Kier molecular flexibility index (Phi) is 5.47. The average Bonchev–Trinajstić information content (AvgIpc) is 2.66. The standard InChI is InChI=1S/C15H24N2O3S/c1-13-3-2-9-17(10-8-13)21(18,19)12-11-20-15-6-4-14(16)5-7-15/h4-7,13H,2-3,8-12,16H2,1H3. The van der Waals surface area contributed by atoms with E-state index in [1.165, 1.54) is 0 Å². The van der Waals surface area contributed by atoms with Gasteiger partial charge in [0.1, 0.15) is 12.4 Å². The molecular weight excluding hydrogens is 288 g/mol. The van der Waals surface area contributed by atoms with Gasteiger partial charge in [-0.05, 0) is 49.4 Å². The number of benzene rings is 1. The Labute approximate surface area is 127 Å². The van der Waals surface area contributed by atoms with E-state index in [1.54, 1.807) is 28.6 Å². The molecule has 0 saturated carbocycles. The second kappa shape index (κ2) is 7.13. The summed E-state index contributed by atoms with van der Waals surface area (Å²) in [6, 6.07) is 6.96. The van der Waals surface area contributed by atoms with Crippen LogP contribution in [0.4, 0.5) is 5.69 Å². The highest BCUT2D eigenvalue weighted by Gasteiger charge is 2.24. The minimum absolute atomic E-state index is 0.0196. The van der Waals surface area contributed by atoms with Crippen LogP contribution in [-0.2, 0) is 10.0 Å². The van der Waals surface area contributed by atoms with Crippen LogP contribution in [0.15, 0.2) is 24.3 Å². The van der Waals surface area contributed by atoms with Gasteiger partial charge in [0, 0.05) is 18.8 Å². The quantitative estimate of drug-likeness (QED) is 0.845. The van der Waals surface area contributed by atoms with Gasteiger partial charge in [-0.15, -0.1) is 0 Å². The fourth-order valence-electron chi connectivity index (χ4n) is 2.47. The Morgan fingerprint density at radius 3 is 2.67 bits per heavy atom. The van der Waals surface area contributed by atoms with Crippen molar-refractivity contribution in [2.45, 2.75) is 26.2 Å². The van der Waals surface area contributed by atoms with E-state index >= 15 is 0 Å². The lowest BCUT2D eigenvalue weighted by molar-refractivity contribution is 0.334. The second-order valence-electron chi connectivity index (χ2n) is 5.67. The number of sulfonamides is 1. The fraction of sp³-hybridized carbons (Fsp3) is 0.600. The van der Waals surface area contributed by atoms with E-state index in [0.29, 0.717) is 30.4 Å². The lowest BCUT2D eigenvalue weighted by Gasteiger charge is -2.20. The molecule has 1 aliphatic heterocycles. The molecule has 21 heavy (non-hydrogen) atoms. The minimum atomic E-state index is -3.22. The molecule has 1 unspecified atom stereocenters. The Bertz CT molecular complexity index is 543. The minimum Gasteiger partial charge on any atom is -0.492 e. The fourth-order valence-corrected chi connectivity index (χ4v) is 3.82. The predicted octanol–water partition coefficient (Wildman–Crippen LogP) is 2.10. The van der Waals surface area contributed by atoms with Gasteiger partial charge in [0.05, 0.1) is 5.75 Å². The van der Waals surface area contributed by atoms with E-state index < -0.39 is 10.0 Å². The molecule has 5 nitrogen and oxygen atoms in total. The average molecular weight is 312 g/mol. The van der Waals surface area contributed by atoms with Gasteiger partial charge in [-0.1, -0.05) is 6.92 Å². The molecule has 2 rings (SSSR count). The maximum Gasteiger partial charge on any atom is 0.217 e. The van der Waals surface area contributed by atoms with E-state index in [4.69, 9.17) is 10.5 Å². The molecule has 0 radical (unpaired) electrons. The van der Waals surface area contributed by atoms with Crippen LogP contribution in [-0.4, -0.2) is 38.2 Å². The molecule has 0 aromatic heterocycles. The summed E-state index contributed by atoms with van der Waals surface area (Å²) in [5, 5.41) is 0. The number of nitrogen functional groups attached to an aromatic ring is 1. The molecule has 1 saturated heterocycles. The van der Waals surface area contributed by atoms with Crippen molar-refractivity contribution in [1.29, 1.82) is 0 Å². The molecule has 1 aliphatic rings. The number of anilines is 1. The van der Waals surface area contributed by atoms with Crippen molar-refractivity contribution in [3.8, 4) is 5.75 Å². The van der Waals surface area contributed by atoms with Crippen molar-refractivity contribution in [2.75, 3.05) is 31.2 Å². The van der Waals surface area contributed by atoms with Crippen LogP contribution >= 0.6 is 0 Å². The van der Waals surface area contributed by atoms with Gasteiger partial charge >= 0.3 is 0 Å². The molecule has 1 aromatic carbocycles. The van der Waals surface area contributed by atoms with Gasteiger partial charge in [-0.3, -0.25) is 0 Å². The second-order valence-corrected chi connectivity index (χ2v) is 7.76. The third-order valence-electron chi connectivity index (χ3n) is 3.86. The highest BCUT2D eigenvalue weighted by molar-refractivity contribution is 7.89. The summed E-state index contributed by atoms with van der Waals surface area (Å²) in [7, 11) is -3.22. The Hall–Kier alpha value is -1.27. The molecule has 0 aliphatic carbocycles. The Morgan fingerprint density at radius 1 is 1.24 bits per heavy atom. The van der Waals surface area contributed by atoms with Crippen LogP contribution in [0.25, 0.3) is 0 Å². The summed E-state index contributed by atoms with van der Waals surface area (Å²) in [5.74, 6) is 1.27. The van der Waals surface area contributed by atoms with E-state index in [1.807, 2.05) is 0 Å². The molecule has 1 fully saturated rings. The Morgan fingerprint density at radius 2 is 1.95 bits per heavy atom. The maximum atomic E-state index is 12.3. The highest BCUT2D eigenvalue weighted by atomic mass is 32.2. The summed E-state index contributed by atoms with van der Waals surface area (Å²) in [6.45, 7) is 3.61. The van der Waals surface area contributed by atoms with Crippen LogP contribution in [0.3, 0.4) is 0 Å². The molecule has 6 heteroatoms. The van der Waals surface area contributed by atoms with Crippen LogP contribution in [0.1, 0.15) is 26.2 Å². The predicted molar refractivity (Wildman–Crippen MR) is 84.7 cm³/mol. The first-order valence-electron chi connectivity index (χ1n) is 7.43. The molecule has 1 atom stereocenters. The molecule has 0 spiro atoms. The third-order valence-corrected chi connectivity index (χ3v) is 5.69. The molecular formula is C15H24N2O3S. The summed E-state index contributed by atoms with van der Waals surface area (Å²) in [4.78, 5) is 0. The lowest BCUT2D eigenvalue weighted by atomic mass is 10.0. The maximum absolute atomic E-state index is 12.3. The van der Waals surface area contributed by atoms with Gasteiger partial charge in [-0.2, -0.15) is 0 Å². The summed E-state index contributed by atoms with van der Waals surface area (Å²) < 4.78 is 31.7. The van der Waals surface area contributed by atoms with Crippen LogP contribution < -0.4 is 10.5 Å². The molecule has 1 heterocycles. The van der Waals surface area contributed by atoms with Gasteiger partial charge in [0.2, 0.25) is 10.0 Å². The first-order valence-corrected chi connectivity index (χ1v) is 9.04. The van der Waals surface area contributed by atoms with Crippen LogP contribution in [0, 0.1) is 5.92 Å². The first-order chi connectivity index (χ1) is 9.97. The van der Waals surface area contributed by atoms with Crippen molar-refractivity contribution < 1.29 is 13.2 Å². The van der Waals surface area contributed by atoms with Crippen molar-refractivity contribution in [3.63, 3.8) is 0 Å². The zero-order valence-corrected chi connectivity index (χ0v) is 13.3. The van der Waals surface area contributed by atoms with Crippen molar-refractivity contribution in [2.24, 2.45) is 5.92 Å². The smallest absolute Gasteiger partial charge is 0.217 e. The molecule has 118 valence electrons. The largest absolute Gasteiger partial charge is 0.492 e. The van der Waals surface area contributed by atoms with Gasteiger partial charge in [0.25, 0.3) is 0 Å². The summed E-state index contributed by atoms with van der Waals surface area (Å²) >= 11 is 0. The topological polar surface area (TPSA) is 72.6 Å². The zero-order valence-electron chi connectivity index (χ0n) is 12.5. The van der Waals surface area contributed by atoms with Gasteiger partial charge in [0.15, 0.2) is 0 Å². The molecule has 2 N–H and O–H groups in total. The molecule has 0 bridgehead atoms. The third kappa shape index (κ3) is 4.89. The number of nitrogens with zero attached hydrogens (tertiary/aromatic N) is 1. The number of ether oxygens (including phenoxy) is 1. The highest BCUT2D eigenvalue weighted by Crippen LogP contribution is 2.19. The van der Waals surface area contributed by atoms with Crippen LogP contribution in [0.5, 0.6) is 5.75 Å². The SMILES string of the molecule is CC1CCCN(S(=O)(=O)CCOc2ccc(N)cc2)CC1. The number of rotatable bonds is 5. The normalized spacial score (nSPS) is 20.9. The number of nitrogens with two attached hydrogens (primary N) is 1. The first kappa shape index (κ1) is 16.1. The summed E-state index contributed by atoms with van der Waals surface area (Å²) in [5.41, 5.74) is 6.25. The lowest BCUT2D eigenvalue weighted by Crippen LogP contribution is -2.35. The number of hydrogen-bond donors (Lipinski definition) is 1. The van der Waals surface area contributed by atoms with E-state index in [0.717, 1.165) is 19.3 Å². The molecule has 0 amide bonds. The van der Waals surface area contributed by atoms with E-state index in [2.05, 4.69) is 6.92 Å². The number of hydrogen-bond acceptors (Lipinski definition) is 4. The van der Waals surface area contributed by atoms with Gasteiger partial charge < -0.3 is 10.5 Å². The summed E-state index contributed by atoms with van der Waals surface area (Å²) in [6.07, 6.45) is 2.99. The van der Waals surface area contributed by atoms with Crippen LogP contribution in [0.2, 0.25) is 0 Å². The zero-order chi connectivity index (χ0) is 15.3. The van der Waals surface area contributed by atoms with Crippen molar-refractivity contribution in [3.05, 3.63) is 24.3 Å². The Balaban J connectivity index is 1.84. The van der Waals surface area contributed by atoms with E-state index in [9.17, 15) is 8.42 Å². The van der Waals surface area contributed by atoms with Gasteiger partial charge in [-0.25, -0.2) is 12.7 Å². The van der Waals surface area contributed by atoms with E-state index in [-0.39, 0.29) is 12.4 Å². The molecule has 1 aromatic rings. The van der Waals surface area contributed by atoms with Crippen molar-refractivity contribution in [1.82, 2.24) is 4.31 Å². The monoisotopic (exact) mass is 312 g/mol. The van der Waals surface area contributed by atoms with Crippen molar-refractivity contribution >= 4 is 15.7 Å².